The van der Waals surface area contributed by atoms with Crippen LogP contribution in [-0.4, -0.2) is 80.0 Å². The smallest absolute Gasteiger partial charge is 0.329 e. The summed E-state index contributed by atoms with van der Waals surface area (Å²) in [5.74, 6) is -1.45. The summed E-state index contributed by atoms with van der Waals surface area (Å²) in [6.45, 7) is 3.05. The van der Waals surface area contributed by atoms with Crippen LogP contribution in [0.15, 0.2) is 0 Å². The minimum Gasteiger partial charge on any atom is -0.480 e. The average molecular weight is 303 g/mol. The first kappa shape index (κ1) is 17.3. The van der Waals surface area contributed by atoms with Crippen molar-refractivity contribution >= 4 is 17.9 Å². The lowest BCUT2D eigenvalue weighted by Gasteiger charge is -2.46. The van der Waals surface area contributed by atoms with Gasteiger partial charge in [0.25, 0.3) is 0 Å². The van der Waals surface area contributed by atoms with Gasteiger partial charge in [0.1, 0.15) is 6.61 Å². The second-order valence-electron chi connectivity index (χ2n) is 5.07. The van der Waals surface area contributed by atoms with Crippen molar-refractivity contribution in [1.29, 1.82) is 0 Å². The number of carbonyl (C=O) groups is 3. The van der Waals surface area contributed by atoms with Gasteiger partial charge in [0.2, 0.25) is 5.91 Å². The fourth-order valence-electron chi connectivity index (χ4n) is 2.02. The molecule has 0 atom stereocenters. The molecule has 1 rings (SSSR count). The number of amides is 3. The van der Waals surface area contributed by atoms with E-state index in [1.54, 1.807) is 11.8 Å². The lowest BCUT2D eigenvalue weighted by Crippen LogP contribution is -2.63. The zero-order chi connectivity index (χ0) is 15.9. The van der Waals surface area contributed by atoms with Gasteiger partial charge in [-0.2, -0.15) is 0 Å². The summed E-state index contributed by atoms with van der Waals surface area (Å²) in [6, 6.07) is -0.567. The summed E-state index contributed by atoms with van der Waals surface area (Å²) in [4.78, 5) is 35.1. The number of carbonyl (C=O) groups excluding carboxylic acids is 2. The quantitative estimate of drug-likeness (QED) is 0.474. The van der Waals surface area contributed by atoms with E-state index in [9.17, 15) is 14.4 Å². The SMILES string of the molecule is COCCNC(=O)NC(=O)CN1CC(C)(OCC(=O)O)C1. The molecule has 3 N–H and O–H groups in total. The molecule has 9 heteroatoms. The van der Waals surface area contributed by atoms with E-state index in [4.69, 9.17) is 14.6 Å². The number of nitrogens with one attached hydrogen (secondary N) is 2. The van der Waals surface area contributed by atoms with Crippen LogP contribution in [0.5, 0.6) is 0 Å². The molecular formula is C12H21N3O6. The molecule has 0 aromatic rings. The highest BCUT2D eigenvalue weighted by atomic mass is 16.5. The number of ether oxygens (including phenoxy) is 2. The molecule has 120 valence electrons. The summed E-state index contributed by atoms with van der Waals surface area (Å²) < 4.78 is 9.98. The van der Waals surface area contributed by atoms with Gasteiger partial charge in [0.05, 0.1) is 18.8 Å². The molecule has 0 aliphatic carbocycles. The lowest BCUT2D eigenvalue weighted by atomic mass is 9.96. The van der Waals surface area contributed by atoms with Gasteiger partial charge >= 0.3 is 12.0 Å². The summed E-state index contributed by atoms with van der Waals surface area (Å²) >= 11 is 0. The minimum atomic E-state index is -1.03. The molecule has 3 amide bonds. The fourth-order valence-corrected chi connectivity index (χ4v) is 2.02. The molecule has 1 saturated heterocycles. The van der Waals surface area contributed by atoms with E-state index in [1.807, 2.05) is 0 Å². The van der Waals surface area contributed by atoms with Gasteiger partial charge in [-0.3, -0.25) is 15.0 Å². The molecule has 0 radical (unpaired) electrons. The molecule has 1 fully saturated rings. The van der Waals surface area contributed by atoms with Crippen LogP contribution in [0.25, 0.3) is 0 Å². The number of carboxylic acids is 1. The van der Waals surface area contributed by atoms with Crippen LogP contribution in [0.1, 0.15) is 6.92 Å². The topological polar surface area (TPSA) is 117 Å². The lowest BCUT2D eigenvalue weighted by molar-refractivity contribution is -0.166. The third kappa shape index (κ3) is 6.52. The molecule has 1 aliphatic heterocycles. The van der Waals surface area contributed by atoms with Crippen LogP contribution < -0.4 is 10.6 Å². The second-order valence-corrected chi connectivity index (χ2v) is 5.07. The maximum atomic E-state index is 11.6. The van der Waals surface area contributed by atoms with Gasteiger partial charge in [-0.25, -0.2) is 9.59 Å². The maximum absolute atomic E-state index is 11.6. The third-order valence-corrected chi connectivity index (χ3v) is 2.87. The first-order chi connectivity index (χ1) is 9.84. The molecule has 0 spiro atoms. The Kier molecular flexibility index (Phi) is 6.53. The molecule has 0 aromatic heterocycles. The summed E-state index contributed by atoms with van der Waals surface area (Å²) in [7, 11) is 1.51. The third-order valence-electron chi connectivity index (χ3n) is 2.87. The van der Waals surface area contributed by atoms with E-state index in [2.05, 4.69) is 10.6 Å². The highest BCUT2D eigenvalue weighted by Crippen LogP contribution is 2.23. The Hall–Kier alpha value is -1.71. The Bertz CT molecular complexity index is 394. The number of nitrogens with zero attached hydrogens (tertiary/aromatic N) is 1. The Morgan fingerprint density at radius 1 is 1.33 bits per heavy atom. The molecule has 1 heterocycles. The van der Waals surface area contributed by atoms with E-state index in [1.165, 1.54) is 7.11 Å². The molecule has 0 unspecified atom stereocenters. The number of urea groups is 1. The van der Waals surface area contributed by atoms with Crippen molar-refractivity contribution in [2.45, 2.75) is 12.5 Å². The van der Waals surface area contributed by atoms with E-state index in [0.717, 1.165) is 0 Å². The molecule has 0 saturated carbocycles. The van der Waals surface area contributed by atoms with Gasteiger partial charge in [-0.1, -0.05) is 0 Å². The highest BCUT2D eigenvalue weighted by molar-refractivity contribution is 5.95. The zero-order valence-corrected chi connectivity index (χ0v) is 12.2. The van der Waals surface area contributed by atoms with E-state index >= 15 is 0 Å². The Morgan fingerprint density at radius 2 is 2.00 bits per heavy atom. The molecule has 21 heavy (non-hydrogen) atoms. The molecule has 9 nitrogen and oxygen atoms in total. The fraction of sp³-hybridized carbons (Fsp3) is 0.750. The van der Waals surface area contributed by atoms with Crippen LogP contribution in [0.2, 0.25) is 0 Å². The molecular weight excluding hydrogens is 282 g/mol. The van der Waals surface area contributed by atoms with Gasteiger partial charge in [0, 0.05) is 26.7 Å². The van der Waals surface area contributed by atoms with Crippen molar-refractivity contribution in [2.24, 2.45) is 0 Å². The Morgan fingerprint density at radius 3 is 2.57 bits per heavy atom. The van der Waals surface area contributed by atoms with E-state index in [0.29, 0.717) is 26.2 Å². The number of hydrogen-bond acceptors (Lipinski definition) is 6. The van der Waals surface area contributed by atoms with E-state index < -0.39 is 23.5 Å². The predicted molar refractivity (Wildman–Crippen MR) is 71.9 cm³/mol. The number of hydrogen-bond donors (Lipinski definition) is 3. The zero-order valence-electron chi connectivity index (χ0n) is 12.2. The van der Waals surface area contributed by atoms with Crippen molar-refractivity contribution in [3.05, 3.63) is 0 Å². The Labute approximate surface area is 122 Å². The average Bonchev–Trinajstić information content (AvgIpc) is 2.34. The van der Waals surface area contributed by atoms with Gasteiger partial charge < -0.3 is 19.9 Å². The normalized spacial score (nSPS) is 16.9. The van der Waals surface area contributed by atoms with Gasteiger partial charge in [0.15, 0.2) is 0 Å². The van der Waals surface area contributed by atoms with Crippen LogP contribution >= 0.6 is 0 Å². The van der Waals surface area contributed by atoms with Crippen LogP contribution in [0, 0.1) is 0 Å². The number of rotatable bonds is 8. The largest absolute Gasteiger partial charge is 0.480 e. The van der Waals surface area contributed by atoms with Gasteiger partial charge in [-0.15, -0.1) is 0 Å². The van der Waals surface area contributed by atoms with E-state index in [-0.39, 0.29) is 13.2 Å². The minimum absolute atomic E-state index is 0.0592. The summed E-state index contributed by atoms with van der Waals surface area (Å²) in [6.07, 6.45) is 0. The van der Waals surface area contributed by atoms with Crippen LogP contribution in [0.3, 0.4) is 0 Å². The maximum Gasteiger partial charge on any atom is 0.329 e. The Balaban J connectivity index is 2.17. The second kappa shape index (κ2) is 7.91. The number of imide groups is 1. The van der Waals surface area contributed by atoms with Crippen molar-refractivity contribution in [3.8, 4) is 0 Å². The first-order valence-electron chi connectivity index (χ1n) is 6.49. The highest BCUT2D eigenvalue weighted by Gasteiger charge is 2.40. The van der Waals surface area contributed by atoms with Crippen molar-refractivity contribution < 1.29 is 29.0 Å². The van der Waals surface area contributed by atoms with Crippen molar-refractivity contribution in [1.82, 2.24) is 15.5 Å². The summed E-state index contributed by atoms with van der Waals surface area (Å²) in [5.41, 5.74) is -0.556. The predicted octanol–water partition coefficient (Wildman–Crippen LogP) is -1.37. The molecule has 0 aromatic carbocycles. The number of likely N-dealkylation sites (tertiary alicyclic amines) is 1. The number of methoxy groups -OCH3 is 1. The monoisotopic (exact) mass is 303 g/mol. The first-order valence-corrected chi connectivity index (χ1v) is 6.49. The molecule has 1 aliphatic rings. The van der Waals surface area contributed by atoms with Crippen LogP contribution in [-0.2, 0) is 19.1 Å². The van der Waals surface area contributed by atoms with Crippen LogP contribution in [0.4, 0.5) is 4.79 Å². The molecule has 0 bridgehead atoms. The van der Waals surface area contributed by atoms with Crippen molar-refractivity contribution in [2.75, 3.05) is 46.5 Å². The van der Waals surface area contributed by atoms with Crippen molar-refractivity contribution in [3.63, 3.8) is 0 Å². The number of aliphatic carboxylic acids is 1. The number of carboxylic acid groups (broad SMARTS) is 1. The summed E-state index contributed by atoms with van der Waals surface area (Å²) in [5, 5.41) is 13.2. The standard InChI is InChI=1S/C12H21N3O6/c1-12(21-6-10(17)18)7-15(8-12)5-9(16)14-11(19)13-3-4-20-2/h3-8H2,1-2H3,(H,17,18)(H2,13,14,16,19). The van der Waals surface area contributed by atoms with Gasteiger partial charge in [-0.05, 0) is 6.92 Å².